The summed E-state index contributed by atoms with van der Waals surface area (Å²) in [5.41, 5.74) is 12.4. The number of amides is 1. The van der Waals surface area contributed by atoms with Crippen molar-refractivity contribution < 1.29 is 9.53 Å². The summed E-state index contributed by atoms with van der Waals surface area (Å²) in [4.78, 5) is 16.7. The number of carbonyl (C=O) groups is 1. The third-order valence-electron chi connectivity index (χ3n) is 5.81. The summed E-state index contributed by atoms with van der Waals surface area (Å²) in [7, 11) is 0. The molecule has 29 heavy (non-hydrogen) atoms. The first-order valence-electron chi connectivity index (χ1n) is 9.89. The average molecular weight is 385 g/mol. The highest BCUT2D eigenvalue weighted by atomic mass is 16.6. The molecule has 3 aromatic carbocycles. The molecule has 2 heterocycles. The number of anilines is 1. The summed E-state index contributed by atoms with van der Waals surface area (Å²) in [6.45, 7) is 0.737. The Labute approximate surface area is 170 Å². The van der Waals surface area contributed by atoms with Gasteiger partial charge < -0.3 is 9.64 Å². The van der Waals surface area contributed by atoms with Crippen LogP contribution in [0.2, 0.25) is 0 Å². The smallest absolute Gasteiger partial charge is 0.412 e. The van der Waals surface area contributed by atoms with Crippen LogP contribution in [0.15, 0.2) is 78.9 Å². The average Bonchev–Trinajstić information content (AvgIpc) is 3.03. The number of ether oxygens (including phenoxy) is 1. The Bertz CT molecular complexity index is 1040. The maximum absolute atomic E-state index is 12.9. The number of carbonyl (C=O) groups excluding carboxylic acids is 1. The minimum Gasteiger partial charge on any atom is -0.444 e. The molecule has 0 radical (unpaired) electrons. The molecule has 3 aromatic rings. The minimum absolute atomic E-state index is 0.00845. The molecular formula is C24H23N3O2. The first-order chi connectivity index (χ1) is 14.2. The van der Waals surface area contributed by atoms with Crippen molar-refractivity contribution in [2.24, 2.45) is 5.73 Å². The van der Waals surface area contributed by atoms with Crippen molar-refractivity contribution in [3.05, 3.63) is 101 Å². The Kier molecular flexibility index (Phi) is 4.45. The summed E-state index contributed by atoms with van der Waals surface area (Å²) >= 11 is 0. The van der Waals surface area contributed by atoms with E-state index in [1.54, 1.807) is 4.90 Å². The van der Waals surface area contributed by atoms with Crippen molar-refractivity contribution in [3.63, 3.8) is 0 Å². The lowest BCUT2D eigenvalue weighted by atomic mass is 9.97. The van der Waals surface area contributed by atoms with Crippen molar-refractivity contribution in [2.75, 3.05) is 11.4 Å². The number of benzene rings is 3. The molecule has 5 rings (SSSR count). The van der Waals surface area contributed by atoms with Crippen LogP contribution < -0.4 is 10.6 Å². The lowest BCUT2D eigenvalue weighted by Crippen LogP contribution is -2.49. The molecule has 0 aromatic heterocycles. The second kappa shape index (κ2) is 7.26. The van der Waals surface area contributed by atoms with Gasteiger partial charge in [0.1, 0.15) is 6.61 Å². The monoisotopic (exact) mass is 385 g/mol. The van der Waals surface area contributed by atoms with E-state index in [9.17, 15) is 4.79 Å². The third kappa shape index (κ3) is 3.13. The quantitative estimate of drug-likeness (QED) is 0.724. The Hall–Kier alpha value is -3.31. The fourth-order valence-corrected chi connectivity index (χ4v) is 4.40. The lowest BCUT2D eigenvalue weighted by Gasteiger charge is -2.30. The number of fused-ring (bicyclic) bond motifs is 5. The van der Waals surface area contributed by atoms with E-state index >= 15 is 0 Å². The van der Waals surface area contributed by atoms with Gasteiger partial charge in [-0.1, -0.05) is 72.8 Å². The minimum atomic E-state index is -0.574. The van der Waals surface area contributed by atoms with Crippen molar-refractivity contribution in [1.29, 1.82) is 0 Å². The summed E-state index contributed by atoms with van der Waals surface area (Å²) in [5.74, 6) is 0. The third-order valence-corrected chi connectivity index (χ3v) is 5.81. The topological polar surface area (TPSA) is 58.8 Å². The van der Waals surface area contributed by atoms with E-state index < -0.39 is 6.29 Å². The van der Waals surface area contributed by atoms with Gasteiger partial charge in [-0.25, -0.2) is 4.79 Å². The number of hydrogen-bond donors (Lipinski definition) is 1. The van der Waals surface area contributed by atoms with Crippen LogP contribution in [0.5, 0.6) is 0 Å². The van der Waals surface area contributed by atoms with Gasteiger partial charge in [0.05, 0.1) is 12.6 Å². The zero-order valence-corrected chi connectivity index (χ0v) is 16.1. The van der Waals surface area contributed by atoms with E-state index in [0.717, 1.165) is 17.7 Å². The van der Waals surface area contributed by atoms with Gasteiger partial charge in [-0.3, -0.25) is 10.6 Å². The molecule has 1 amide bonds. The van der Waals surface area contributed by atoms with E-state index in [1.807, 2.05) is 36.4 Å². The summed E-state index contributed by atoms with van der Waals surface area (Å²) in [5, 5.41) is 0. The molecule has 0 bridgehead atoms. The highest BCUT2D eigenvalue weighted by molar-refractivity contribution is 5.72. The van der Waals surface area contributed by atoms with Crippen LogP contribution in [0, 0.1) is 0 Å². The standard InChI is InChI=1S/C24H23N3O2/c25-23-26(24(28)29-16-17-8-2-1-3-9-17)15-22-20-12-6-4-10-18(20)14-19-11-5-7-13-21(19)27(22)23/h1-13,22-23H,14-16,25H2. The molecule has 5 nitrogen and oxygen atoms in total. The van der Waals surface area contributed by atoms with Crippen LogP contribution in [0.3, 0.4) is 0 Å². The van der Waals surface area contributed by atoms with E-state index in [-0.39, 0.29) is 18.7 Å². The van der Waals surface area contributed by atoms with Crippen LogP contribution in [0.4, 0.5) is 10.5 Å². The maximum Gasteiger partial charge on any atom is 0.412 e. The van der Waals surface area contributed by atoms with Gasteiger partial charge in [-0.15, -0.1) is 0 Å². The molecular weight excluding hydrogens is 362 g/mol. The molecule has 2 N–H and O–H groups in total. The van der Waals surface area contributed by atoms with Gasteiger partial charge in [0.2, 0.25) is 0 Å². The first-order valence-corrected chi connectivity index (χ1v) is 9.89. The zero-order chi connectivity index (χ0) is 19.8. The molecule has 0 aliphatic carbocycles. The number of rotatable bonds is 2. The fourth-order valence-electron chi connectivity index (χ4n) is 4.40. The van der Waals surface area contributed by atoms with Gasteiger partial charge in [0.15, 0.2) is 6.29 Å². The Morgan fingerprint density at radius 3 is 2.45 bits per heavy atom. The van der Waals surface area contributed by atoms with Crippen molar-refractivity contribution >= 4 is 11.8 Å². The molecule has 2 atom stereocenters. The van der Waals surface area contributed by atoms with Gasteiger partial charge >= 0.3 is 6.09 Å². The van der Waals surface area contributed by atoms with Crippen LogP contribution in [0.1, 0.15) is 28.3 Å². The normalized spacial score (nSPS) is 19.8. The van der Waals surface area contributed by atoms with E-state index in [4.69, 9.17) is 10.5 Å². The van der Waals surface area contributed by atoms with Crippen LogP contribution in [-0.2, 0) is 17.8 Å². The molecule has 5 heteroatoms. The highest BCUT2D eigenvalue weighted by Crippen LogP contribution is 2.42. The Morgan fingerprint density at radius 2 is 1.62 bits per heavy atom. The molecule has 146 valence electrons. The molecule has 0 spiro atoms. The summed E-state index contributed by atoms with van der Waals surface area (Å²) in [6.07, 6.45) is -0.0928. The van der Waals surface area contributed by atoms with Crippen molar-refractivity contribution in [2.45, 2.75) is 25.4 Å². The van der Waals surface area contributed by atoms with Crippen molar-refractivity contribution in [1.82, 2.24) is 4.90 Å². The van der Waals surface area contributed by atoms with Crippen molar-refractivity contribution in [3.8, 4) is 0 Å². The van der Waals surface area contributed by atoms with Crippen LogP contribution in [0.25, 0.3) is 0 Å². The Morgan fingerprint density at radius 1 is 0.931 bits per heavy atom. The number of para-hydroxylation sites is 1. The molecule has 1 fully saturated rings. The maximum atomic E-state index is 12.9. The molecule has 2 aliphatic rings. The van der Waals surface area contributed by atoms with E-state index in [1.165, 1.54) is 16.7 Å². The first kappa shape index (κ1) is 17.8. The Balaban J connectivity index is 1.45. The number of hydrogen-bond acceptors (Lipinski definition) is 4. The number of nitrogens with zero attached hydrogens (tertiary/aromatic N) is 2. The van der Waals surface area contributed by atoms with E-state index in [2.05, 4.69) is 47.4 Å². The molecule has 2 unspecified atom stereocenters. The molecule has 0 saturated carbocycles. The summed E-state index contributed by atoms with van der Waals surface area (Å²) in [6, 6.07) is 26.4. The van der Waals surface area contributed by atoms with Gasteiger partial charge in [0, 0.05) is 5.69 Å². The molecule has 2 aliphatic heterocycles. The van der Waals surface area contributed by atoms with Gasteiger partial charge in [-0.05, 0) is 34.7 Å². The predicted molar refractivity (Wildman–Crippen MR) is 112 cm³/mol. The van der Waals surface area contributed by atoms with Gasteiger partial charge in [0.25, 0.3) is 0 Å². The largest absolute Gasteiger partial charge is 0.444 e. The lowest BCUT2D eigenvalue weighted by molar-refractivity contribution is 0.0927. The second-order valence-electron chi connectivity index (χ2n) is 7.53. The van der Waals surface area contributed by atoms with Crippen LogP contribution >= 0.6 is 0 Å². The van der Waals surface area contributed by atoms with Crippen LogP contribution in [-0.4, -0.2) is 23.8 Å². The predicted octanol–water partition coefficient (Wildman–Crippen LogP) is 4.03. The SMILES string of the molecule is NC1N(C(=O)OCc2ccccc2)CC2c3ccccc3Cc3ccccc3N21. The zero-order valence-electron chi connectivity index (χ0n) is 16.1. The van der Waals surface area contributed by atoms with Gasteiger partial charge in [-0.2, -0.15) is 0 Å². The molecule has 1 saturated heterocycles. The summed E-state index contributed by atoms with van der Waals surface area (Å²) < 4.78 is 5.58. The fraction of sp³-hybridized carbons (Fsp3) is 0.208. The van der Waals surface area contributed by atoms with E-state index in [0.29, 0.717) is 6.54 Å². The highest BCUT2D eigenvalue weighted by Gasteiger charge is 2.44. The second-order valence-corrected chi connectivity index (χ2v) is 7.53. The number of nitrogens with two attached hydrogens (primary N) is 1.